The van der Waals surface area contributed by atoms with Crippen LogP contribution in [-0.4, -0.2) is 31.8 Å². The standard InChI is InChI=1S/C19H24ClN3O2/c20-16-5-1-4-15(12-16)13-22-19(23-14-18-7-3-11-25-18)21-9-8-17-6-2-10-24-17/h1-2,4-6,10,12,18H,3,7-9,11,13-14H2,(H2,21,22,23). The summed E-state index contributed by atoms with van der Waals surface area (Å²) in [6, 6.07) is 11.6. The molecule has 1 unspecified atom stereocenters. The van der Waals surface area contributed by atoms with Crippen molar-refractivity contribution in [2.75, 3.05) is 19.7 Å². The van der Waals surface area contributed by atoms with Crippen LogP contribution in [0.1, 0.15) is 24.2 Å². The van der Waals surface area contributed by atoms with E-state index >= 15 is 0 Å². The van der Waals surface area contributed by atoms with E-state index in [-0.39, 0.29) is 6.10 Å². The highest BCUT2D eigenvalue weighted by molar-refractivity contribution is 6.30. The maximum absolute atomic E-state index is 6.04. The van der Waals surface area contributed by atoms with Crippen LogP contribution in [0, 0.1) is 0 Å². The van der Waals surface area contributed by atoms with Gasteiger partial charge in [0.05, 0.1) is 18.9 Å². The molecule has 1 aromatic carbocycles. The minimum atomic E-state index is 0.267. The molecule has 1 aliphatic rings. The smallest absolute Gasteiger partial charge is 0.191 e. The average molecular weight is 362 g/mol. The number of rotatable bonds is 7. The van der Waals surface area contributed by atoms with Crippen LogP contribution in [0.25, 0.3) is 0 Å². The highest BCUT2D eigenvalue weighted by Crippen LogP contribution is 2.12. The largest absolute Gasteiger partial charge is 0.469 e. The van der Waals surface area contributed by atoms with E-state index in [2.05, 4.69) is 15.6 Å². The molecule has 0 amide bonds. The average Bonchev–Trinajstić information content (AvgIpc) is 3.30. The van der Waals surface area contributed by atoms with Gasteiger partial charge in [-0.15, -0.1) is 0 Å². The summed E-state index contributed by atoms with van der Waals surface area (Å²) in [6.45, 7) is 2.94. The Balaban J connectivity index is 1.54. The second-order valence-electron chi connectivity index (χ2n) is 6.07. The molecule has 1 fully saturated rings. The number of nitrogens with one attached hydrogen (secondary N) is 2. The van der Waals surface area contributed by atoms with Crippen molar-refractivity contribution in [1.29, 1.82) is 0 Å². The van der Waals surface area contributed by atoms with Gasteiger partial charge in [-0.05, 0) is 42.7 Å². The first kappa shape index (κ1) is 17.8. The highest BCUT2D eigenvalue weighted by atomic mass is 35.5. The van der Waals surface area contributed by atoms with Crippen LogP contribution < -0.4 is 10.6 Å². The molecule has 2 heterocycles. The molecule has 2 N–H and O–H groups in total. The monoisotopic (exact) mass is 361 g/mol. The molecule has 2 aromatic rings. The van der Waals surface area contributed by atoms with Crippen LogP contribution in [0.15, 0.2) is 52.1 Å². The summed E-state index contributed by atoms with van der Waals surface area (Å²) in [5, 5.41) is 7.46. The molecule has 0 bridgehead atoms. The van der Waals surface area contributed by atoms with Crippen molar-refractivity contribution in [1.82, 2.24) is 10.6 Å². The zero-order valence-corrected chi connectivity index (χ0v) is 15.0. The molecule has 1 aliphatic heterocycles. The molecule has 5 nitrogen and oxygen atoms in total. The second-order valence-corrected chi connectivity index (χ2v) is 6.50. The lowest BCUT2D eigenvalue weighted by molar-refractivity contribution is 0.114. The van der Waals surface area contributed by atoms with Gasteiger partial charge in [0.15, 0.2) is 5.96 Å². The number of hydrogen-bond donors (Lipinski definition) is 2. The lowest BCUT2D eigenvalue weighted by Gasteiger charge is -2.15. The fourth-order valence-corrected chi connectivity index (χ4v) is 2.97. The van der Waals surface area contributed by atoms with Gasteiger partial charge < -0.3 is 19.8 Å². The number of ether oxygens (including phenoxy) is 1. The van der Waals surface area contributed by atoms with E-state index in [4.69, 9.17) is 20.8 Å². The number of guanidine groups is 1. The van der Waals surface area contributed by atoms with Crippen molar-refractivity contribution >= 4 is 17.6 Å². The van der Waals surface area contributed by atoms with Crippen molar-refractivity contribution in [2.24, 2.45) is 4.99 Å². The van der Waals surface area contributed by atoms with Crippen LogP contribution in [-0.2, 0) is 17.7 Å². The van der Waals surface area contributed by atoms with Gasteiger partial charge in [-0.1, -0.05) is 23.7 Å². The Morgan fingerprint density at radius 1 is 1.24 bits per heavy atom. The number of benzene rings is 1. The molecule has 0 radical (unpaired) electrons. The Hall–Kier alpha value is -1.98. The number of halogens is 1. The first-order valence-corrected chi connectivity index (χ1v) is 9.08. The SMILES string of the molecule is Clc1cccc(CN=C(NCCc2ccco2)NCC2CCCO2)c1. The fourth-order valence-electron chi connectivity index (χ4n) is 2.75. The number of furan rings is 1. The summed E-state index contributed by atoms with van der Waals surface area (Å²) in [5.41, 5.74) is 1.08. The maximum atomic E-state index is 6.04. The highest BCUT2D eigenvalue weighted by Gasteiger charge is 2.15. The van der Waals surface area contributed by atoms with Gasteiger partial charge in [0.1, 0.15) is 5.76 Å². The second kappa shape index (κ2) is 9.49. The van der Waals surface area contributed by atoms with Crippen molar-refractivity contribution in [3.63, 3.8) is 0 Å². The Morgan fingerprint density at radius 2 is 2.20 bits per heavy atom. The fraction of sp³-hybridized carbons (Fsp3) is 0.421. The Bertz CT molecular complexity index is 667. The Kier molecular flexibility index (Phi) is 6.77. The topological polar surface area (TPSA) is 58.8 Å². The van der Waals surface area contributed by atoms with E-state index < -0.39 is 0 Å². The summed E-state index contributed by atoms with van der Waals surface area (Å²) in [6.07, 6.45) is 5.00. The van der Waals surface area contributed by atoms with Crippen LogP contribution in [0.5, 0.6) is 0 Å². The van der Waals surface area contributed by atoms with Gasteiger partial charge in [0.25, 0.3) is 0 Å². The van der Waals surface area contributed by atoms with Crippen LogP contribution >= 0.6 is 11.6 Å². The number of aliphatic imine (C=N–C) groups is 1. The molecule has 1 saturated heterocycles. The summed E-state index contributed by atoms with van der Waals surface area (Å²) in [4.78, 5) is 4.66. The molecular formula is C19H24ClN3O2. The first-order valence-electron chi connectivity index (χ1n) is 8.70. The molecule has 1 aromatic heterocycles. The molecule has 3 rings (SSSR count). The van der Waals surface area contributed by atoms with Crippen molar-refractivity contribution in [2.45, 2.75) is 31.9 Å². The summed E-state index contributed by atoms with van der Waals surface area (Å²) in [5.74, 6) is 1.74. The van der Waals surface area contributed by atoms with Gasteiger partial charge >= 0.3 is 0 Å². The first-order chi connectivity index (χ1) is 12.3. The minimum absolute atomic E-state index is 0.267. The van der Waals surface area contributed by atoms with Crippen molar-refractivity contribution in [3.8, 4) is 0 Å². The van der Waals surface area contributed by atoms with E-state index in [9.17, 15) is 0 Å². The molecule has 134 valence electrons. The molecule has 0 spiro atoms. The predicted octanol–water partition coefficient (Wildman–Crippen LogP) is 3.39. The maximum Gasteiger partial charge on any atom is 0.191 e. The molecule has 6 heteroatoms. The third-order valence-corrected chi connectivity index (χ3v) is 4.31. The van der Waals surface area contributed by atoms with E-state index in [0.717, 1.165) is 61.3 Å². The van der Waals surface area contributed by atoms with Gasteiger partial charge in [-0.25, -0.2) is 4.99 Å². The number of nitrogens with zero attached hydrogens (tertiary/aromatic N) is 1. The summed E-state index contributed by atoms with van der Waals surface area (Å²) < 4.78 is 11.0. The molecular weight excluding hydrogens is 338 g/mol. The quantitative estimate of drug-likeness (QED) is 0.586. The van der Waals surface area contributed by atoms with Crippen LogP contribution in [0.3, 0.4) is 0 Å². The van der Waals surface area contributed by atoms with E-state index in [0.29, 0.717) is 6.54 Å². The van der Waals surface area contributed by atoms with Crippen LogP contribution in [0.2, 0.25) is 5.02 Å². The van der Waals surface area contributed by atoms with Crippen LogP contribution in [0.4, 0.5) is 0 Å². The van der Waals surface area contributed by atoms with E-state index in [1.54, 1.807) is 6.26 Å². The molecule has 0 aliphatic carbocycles. The van der Waals surface area contributed by atoms with E-state index in [1.165, 1.54) is 0 Å². The van der Waals surface area contributed by atoms with Gasteiger partial charge in [-0.2, -0.15) is 0 Å². The molecule has 0 saturated carbocycles. The Morgan fingerprint density at radius 3 is 2.96 bits per heavy atom. The zero-order valence-electron chi connectivity index (χ0n) is 14.2. The van der Waals surface area contributed by atoms with Crippen molar-refractivity contribution in [3.05, 3.63) is 59.0 Å². The van der Waals surface area contributed by atoms with Crippen molar-refractivity contribution < 1.29 is 9.15 Å². The predicted molar refractivity (Wildman–Crippen MR) is 100.0 cm³/mol. The number of hydrogen-bond acceptors (Lipinski definition) is 3. The summed E-state index contributed by atoms with van der Waals surface area (Å²) in [7, 11) is 0. The minimum Gasteiger partial charge on any atom is -0.469 e. The lowest BCUT2D eigenvalue weighted by atomic mass is 10.2. The Labute approximate surface area is 153 Å². The third-order valence-electron chi connectivity index (χ3n) is 4.07. The molecule has 25 heavy (non-hydrogen) atoms. The lowest BCUT2D eigenvalue weighted by Crippen LogP contribution is -2.41. The van der Waals surface area contributed by atoms with E-state index in [1.807, 2.05) is 36.4 Å². The molecule has 1 atom stereocenters. The van der Waals surface area contributed by atoms with Gasteiger partial charge in [-0.3, -0.25) is 0 Å². The normalized spacial score (nSPS) is 17.6. The van der Waals surface area contributed by atoms with Gasteiger partial charge in [0, 0.05) is 31.1 Å². The van der Waals surface area contributed by atoms with Gasteiger partial charge in [0.2, 0.25) is 0 Å². The third kappa shape index (κ3) is 6.11. The zero-order chi connectivity index (χ0) is 17.3. The summed E-state index contributed by atoms with van der Waals surface area (Å²) >= 11 is 6.04.